The van der Waals surface area contributed by atoms with E-state index in [1.165, 1.54) is 148 Å². The van der Waals surface area contributed by atoms with Gasteiger partial charge in [-0.15, -0.1) is 0 Å². The van der Waals surface area contributed by atoms with Crippen molar-refractivity contribution in [1.29, 1.82) is 0 Å². The van der Waals surface area contributed by atoms with Crippen molar-refractivity contribution in [2.75, 3.05) is 13.2 Å². The number of hydrogen-bond acceptors (Lipinski definition) is 6. The van der Waals surface area contributed by atoms with Gasteiger partial charge in [0.2, 0.25) is 0 Å². The lowest BCUT2D eigenvalue weighted by atomic mass is 10.0. The van der Waals surface area contributed by atoms with Crippen molar-refractivity contribution in [3.05, 3.63) is 85.1 Å². The minimum Gasteiger partial charge on any atom is -0.462 e. The van der Waals surface area contributed by atoms with Gasteiger partial charge in [-0.1, -0.05) is 266 Å². The number of allylic oxidation sites excluding steroid dienone is 14. The first-order chi connectivity index (χ1) is 34.5. The largest absolute Gasteiger partial charge is 0.462 e. The second kappa shape index (κ2) is 58.2. The molecule has 1 atom stereocenters. The first-order valence-electron chi connectivity index (χ1n) is 29.6. The van der Waals surface area contributed by atoms with Gasteiger partial charge in [-0.2, -0.15) is 0 Å². The molecule has 0 radical (unpaired) electrons. The van der Waals surface area contributed by atoms with Crippen LogP contribution < -0.4 is 0 Å². The van der Waals surface area contributed by atoms with Crippen LogP contribution in [0.15, 0.2) is 85.1 Å². The highest BCUT2D eigenvalue weighted by Crippen LogP contribution is 2.16. The maximum atomic E-state index is 12.9. The summed E-state index contributed by atoms with van der Waals surface area (Å²) in [4.78, 5) is 38.1. The Balaban J connectivity index is 4.47. The summed E-state index contributed by atoms with van der Waals surface area (Å²) in [6.07, 6.45) is 75.9. The van der Waals surface area contributed by atoms with Crippen LogP contribution in [0.25, 0.3) is 0 Å². The highest BCUT2D eigenvalue weighted by molar-refractivity contribution is 5.71. The Morgan fingerprint density at radius 2 is 0.586 bits per heavy atom. The van der Waals surface area contributed by atoms with Crippen LogP contribution in [-0.2, 0) is 28.6 Å². The van der Waals surface area contributed by atoms with E-state index in [4.69, 9.17) is 14.2 Å². The molecule has 1 unspecified atom stereocenters. The quantitative estimate of drug-likeness (QED) is 0.0261. The molecule has 0 fully saturated rings. The number of ether oxygens (including phenoxy) is 3. The number of rotatable bonds is 53. The van der Waals surface area contributed by atoms with Gasteiger partial charge in [0.05, 0.1) is 0 Å². The topological polar surface area (TPSA) is 78.9 Å². The predicted molar refractivity (Wildman–Crippen MR) is 302 cm³/mol. The summed E-state index contributed by atoms with van der Waals surface area (Å²) in [6, 6.07) is 0. The number of carbonyl (C=O) groups is 3. The molecule has 6 nitrogen and oxygen atoms in total. The van der Waals surface area contributed by atoms with Crippen LogP contribution in [-0.4, -0.2) is 37.2 Å². The molecule has 0 aliphatic heterocycles. The first kappa shape index (κ1) is 66.6. The summed E-state index contributed by atoms with van der Waals surface area (Å²) < 4.78 is 16.8. The van der Waals surface area contributed by atoms with E-state index in [1.807, 2.05) is 6.08 Å². The zero-order chi connectivity index (χ0) is 50.7. The van der Waals surface area contributed by atoms with Crippen molar-refractivity contribution in [1.82, 2.24) is 0 Å². The fourth-order valence-corrected chi connectivity index (χ4v) is 8.23. The monoisotopic (exact) mass is 975 g/mol. The third-order valence-corrected chi connectivity index (χ3v) is 12.6. The fraction of sp³-hybridized carbons (Fsp3) is 0.734. The van der Waals surface area contributed by atoms with Crippen LogP contribution in [0.3, 0.4) is 0 Å². The minimum absolute atomic E-state index is 0.106. The van der Waals surface area contributed by atoms with Gasteiger partial charge in [0.25, 0.3) is 0 Å². The van der Waals surface area contributed by atoms with Crippen LogP contribution in [0.2, 0.25) is 0 Å². The van der Waals surface area contributed by atoms with Gasteiger partial charge in [-0.3, -0.25) is 14.4 Å². The molecule has 0 aliphatic rings. The molecule has 70 heavy (non-hydrogen) atoms. The lowest BCUT2D eigenvalue weighted by Crippen LogP contribution is -2.30. The van der Waals surface area contributed by atoms with Gasteiger partial charge < -0.3 is 14.2 Å². The third kappa shape index (κ3) is 55.5. The second-order valence-electron chi connectivity index (χ2n) is 19.5. The SMILES string of the molecule is CC/C=C\C/C=C\C/C=C\C/C=C\C/C=C\C/C=C\CCC(=O)OCC(COC(=O)CCCCC/C=C\CCCCCCCCC)OC(=O)CCCCCCCCCCCCCCCCCCCCC. The molecular formula is C64H110O6. The normalized spacial score (nSPS) is 12.7. The fourth-order valence-electron chi connectivity index (χ4n) is 8.23. The molecule has 0 rings (SSSR count). The van der Waals surface area contributed by atoms with Crippen LogP contribution >= 0.6 is 0 Å². The summed E-state index contributed by atoms with van der Waals surface area (Å²) >= 11 is 0. The molecule has 0 aromatic heterocycles. The maximum Gasteiger partial charge on any atom is 0.306 e. The average molecular weight is 976 g/mol. The number of esters is 3. The molecule has 0 aromatic rings. The van der Waals surface area contributed by atoms with Crippen molar-refractivity contribution in [2.45, 2.75) is 290 Å². The smallest absolute Gasteiger partial charge is 0.306 e. The van der Waals surface area contributed by atoms with Crippen LogP contribution in [0.1, 0.15) is 284 Å². The van der Waals surface area contributed by atoms with E-state index in [0.29, 0.717) is 19.3 Å². The standard InChI is InChI=1S/C64H110O6/c1-4-7-10-13-16-19-22-25-28-30-32-34-36-39-42-45-48-51-54-57-63(66)69-60-61(59-68-62(65)56-53-50-47-44-41-38-27-24-21-18-15-12-9-6-3)70-64(67)58-55-52-49-46-43-40-37-35-33-31-29-26-23-20-17-14-11-8-5-2/h7,10,16,19,25,28,32,34,38-39,41-42,48,51,61H,4-6,8-9,11-15,17-18,20-24,26-27,29-31,33,35-37,40,43-47,49-50,52-60H2,1-3H3/b10-7-,19-16-,28-25-,34-32-,41-38-,42-39-,51-48-. The first-order valence-corrected chi connectivity index (χ1v) is 29.6. The molecule has 6 heteroatoms. The Morgan fingerprint density at radius 3 is 0.971 bits per heavy atom. The van der Waals surface area contributed by atoms with Crippen molar-refractivity contribution in [2.24, 2.45) is 0 Å². The van der Waals surface area contributed by atoms with E-state index < -0.39 is 6.10 Å². The van der Waals surface area contributed by atoms with Gasteiger partial charge in [0, 0.05) is 19.3 Å². The highest BCUT2D eigenvalue weighted by atomic mass is 16.6. The lowest BCUT2D eigenvalue weighted by molar-refractivity contribution is -0.166. The molecule has 0 saturated heterocycles. The molecular weight excluding hydrogens is 865 g/mol. The highest BCUT2D eigenvalue weighted by Gasteiger charge is 2.19. The number of unbranched alkanes of at least 4 members (excludes halogenated alkanes) is 28. The second-order valence-corrected chi connectivity index (χ2v) is 19.5. The predicted octanol–water partition coefficient (Wildman–Crippen LogP) is 19.9. The molecule has 402 valence electrons. The van der Waals surface area contributed by atoms with E-state index in [9.17, 15) is 14.4 Å². The summed E-state index contributed by atoms with van der Waals surface area (Å²) in [7, 11) is 0. The van der Waals surface area contributed by atoms with E-state index in [0.717, 1.165) is 89.9 Å². The molecule has 0 bridgehead atoms. The van der Waals surface area contributed by atoms with Gasteiger partial charge in [-0.25, -0.2) is 0 Å². The van der Waals surface area contributed by atoms with Crippen molar-refractivity contribution >= 4 is 17.9 Å². The molecule has 0 spiro atoms. The van der Waals surface area contributed by atoms with Crippen molar-refractivity contribution < 1.29 is 28.6 Å². The lowest BCUT2D eigenvalue weighted by Gasteiger charge is -2.18. The van der Waals surface area contributed by atoms with Crippen LogP contribution in [0, 0.1) is 0 Å². The Kier molecular flexibility index (Phi) is 55.3. The molecule has 0 saturated carbocycles. The Labute approximate surface area is 433 Å². The molecule has 0 aromatic carbocycles. The maximum absolute atomic E-state index is 12.9. The van der Waals surface area contributed by atoms with Gasteiger partial charge in [-0.05, 0) is 83.5 Å². The number of hydrogen-bond donors (Lipinski definition) is 0. The molecule has 0 heterocycles. The van der Waals surface area contributed by atoms with Gasteiger partial charge >= 0.3 is 17.9 Å². The summed E-state index contributed by atoms with van der Waals surface area (Å²) in [5, 5.41) is 0. The summed E-state index contributed by atoms with van der Waals surface area (Å²) in [5.74, 6) is -0.998. The molecule has 0 N–H and O–H groups in total. The van der Waals surface area contributed by atoms with Crippen molar-refractivity contribution in [3.63, 3.8) is 0 Å². The minimum atomic E-state index is -0.812. The Bertz CT molecular complexity index is 1350. The van der Waals surface area contributed by atoms with E-state index in [1.54, 1.807) is 0 Å². The average Bonchev–Trinajstić information content (AvgIpc) is 3.36. The van der Waals surface area contributed by atoms with E-state index in [-0.39, 0.29) is 37.5 Å². The van der Waals surface area contributed by atoms with Gasteiger partial charge in [0.1, 0.15) is 13.2 Å². The molecule has 0 amide bonds. The van der Waals surface area contributed by atoms with E-state index in [2.05, 4.69) is 99.8 Å². The van der Waals surface area contributed by atoms with Crippen LogP contribution in [0.5, 0.6) is 0 Å². The zero-order valence-corrected chi connectivity index (χ0v) is 46.0. The number of carbonyl (C=O) groups excluding carboxylic acids is 3. The third-order valence-electron chi connectivity index (χ3n) is 12.6. The Hall–Kier alpha value is -3.41. The molecule has 0 aliphatic carbocycles. The van der Waals surface area contributed by atoms with Crippen molar-refractivity contribution in [3.8, 4) is 0 Å². The zero-order valence-electron chi connectivity index (χ0n) is 46.0. The van der Waals surface area contributed by atoms with Crippen LogP contribution in [0.4, 0.5) is 0 Å². The summed E-state index contributed by atoms with van der Waals surface area (Å²) in [5.41, 5.74) is 0. The van der Waals surface area contributed by atoms with Gasteiger partial charge in [0.15, 0.2) is 6.10 Å². The van der Waals surface area contributed by atoms with E-state index >= 15 is 0 Å². The summed E-state index contributed by atoms with van der Waals surface area (Å²) in [6.45, 7) is 6.47. The Morgan fingerprint density at radius 1 is 0.300 bits per heavy atom.